The molecule has 5 nitrogen and oxygen atoms in total. The highest BCUT2D eigenvalue weighted by molar-refractivity contribution is 6.01. The fourth-order valence-electron chi connectivity index (χ4n) is 2.20. The zero-order chi connectivity index (χ0) is 15.1. The molecule has 2 amide bonds. The van der Waals surface area contributed by atoms with Crippen molar-refractivity contribution in [1.29, 1.82) is 0 Å². The molecule has 0 saturated carbocycles. The van der Waals surface area contributed by atoms with Crippen molar-refractivity contribution < 1.29 is 9.53 Å². The van der Waals surface area contributed by atoms with Crippen LogP contribution in [-0.4, -0.2) is 44.3 Å². The van der Waals surface area contributed by atoms with E-state index in [9.17, 15) is 4.79 Å². The zero-order valence-electron chi connectivity index (χ0n) is 12.2. The number of nitrogens with two attached hydrogens (primary N) is 1. The smallest absolute Gasteiger partial charge is 0.321 e. The Morgan fingerprint density at radius 3 is 2.71 bits per heavy atom. The van der Waals surface area contributed by atoms with Crippen molar-refractivity contribution in [2.45, 2.75) is 0 Å². The molecule has 0 bridgehead atoms. The molecule has 5 heteroatoms. The van der Waals surface area contributed by atoms with Crippen LogP contribution in [0.2, 0.25) is 0 Å². The van der Waals surface area contributed by atoms with Crippen molar-refractivity contribution in [2.24, 2.45) is 5.73 Å². The van der Waals surface area contributed by atoms with E-state index in [-0.39, 0.29) is 6.03 Å². The molecule has 0 unspecified atom stereocenters. The predicted molar refractivity (Wildman–Crippen MR) is 85.5 cm³/mol. The number of carbonyl (C=O) groups is 1. The minimum atomic E-state index is -0.158. The first-order valence-electron chi connectivity index (χ1n) is 6.99. The molecule has 0 fully saturated rings. The fraction of sp³-hybridized carbons (Fsp3) is 0.312. The molecule has 0 heterocycles. The van der Waals surface area contributed by atoms with Crippen LogP contribution in [0, 0.1) is 0 Å². The van der Waals surface area contributed by atoms with Crippen molar-refractivity contribution in [3.8, 4) is 0 Å². The third kappa shape index (κ3) is 3.93. The standard InChI is InChI=1S/C16H21N3O2/c1-21-12-11-19(10-9-17)16(20)18-15-8-4-6-13-5-2-3-7-14(13)15/h2-8H,9-12,17H2,1H3,(H,18,20). The van der Waals surface area contributed by atoms with Crippen molar-refractivity contribution in [3.05, 3.63) is 42.5 Å². The lowest BCUT2D eigenvalue weighted by molar-refractivity contribution is 0.156. The number of benzene rings is 2. The van der Waals surface area contributed by atoms with Crippen LogP contribution in [0.5, 0.6) is 0 Å². The summed E-state index contributed by atoms with van der Waals surface area (Å²) in [4.78, 5) is 14.0. The molecule has 0 aliphatic carbocycles. The first-order chi connectivity index (χ1) is 10.3. The number of carbonyl (C=O) groups excluding carboxylic acids is 1. The first kappa shape index (κ1) is 15.3. The number of ether oxygens (including phenoxy) is 1. The highest BCUT2D eigenvalue weighted by atomic mass is 16.5. The van der Waals surface area contributed by atoms with Gasteiger partial charge in [0.15, 0.2) is 0 Å². The summed E-state index contributed by atoms with van der Waals surface area (Å²) < 4.78 is 5.03. The zero-order valence-corrected chi connectivity index (χ0v) is 12.2. The van der Waals surface area contributed by atoms with E-state index < -0.39 is 0 Å². The number of amides is 2. The number of nitrogens with one attached hydrogen (secondary N) is 1. The second-order valence-electron chi connectivity index (χ2n) is 4.73. The highest BCUT2D eigenvalue weighted by Gasteiger charge is 2.13. The minimum Gasteiger partial charge on any atom is -0.383 e. The highest BCUT2D eigenvalue weighted by Crippen LogP contribution is 2.23. The molecule has 0 aromatic heterocycles. The quantitative estimate of drug-likeness (QED) is 0.856. The van der Waals surface area contributed by atoms with E-state index in [0.717, 1.165) is 16.5 Å². The van der Waals surface area contributed by atoms with Gasteiger partial charge in [-0.1, -0.05) is 36.4 Å². The van der Waals surface area contributed by atoms with Gasteiger partial charge >= 0.3 is 6.03 Å². The number of nitrogens with zero attached hydrogens (tertiary/aromatic N) is 1. The normalized spacial score (nSPS) is 10.6. The molecule has 112 valence electrons. The number of hydrogen-bond acceptors (Lipinski definition) is 3. The van der Waals surface area contributed by atoms with Crippen LogP contribution >= 0.6 is 0 Å². The monoisotopic (exact) mass is 287 g/mol. The van der Waals surface area contributed by atoms with Gasteiger partial charge in [-0.25, -0.2) is 4.79 Å². The Balaban J connectivity index is 2.16. The van der Waals surface area contributed by atoms with Crippen molar-refractivity contribution in [3.63, 3.8) is 0 Å². The van der Waals surface area contributed by atoms with Crippen LogP contribution in [0.15, 0.2) is 42.5 Å². The number of hydrogen-bond donors (Lipinski definition) is 2. The van der Waals surface area contributed by atoms with E-state index in [4.69, 9.17) is 10.5 Å². The summed E-state index contributed by atoms with van der Waals surface area (Å²) in [5.41, 5.74) is 6.36. The summed E-state index contributed by atoms with van der Waals surface area (Å²) in [6.07, 6.45) is 0. The Morgan fingerprint density at radius 2 is 1.95 bits per heavy atom. The van der Waals surface area contributed by atoms with Gasteiger partial charge in [-0.15, -0.1) is 0 Å². The maximum absolute atomic E-state index is 12.4. The lowest BCUT2D eigenvalue weighted by Crippen LogP contribution is -2.40. The Kier molecular flexibility index (Phi) is 5.54. The lowest BCUT2D eigenvalue weighted by Gasteiger charge is -2.22. The van der Waals surface area contributed by atoms with Gasteiger partial charge in [-0.05, 0) is 11.5 Å². The summed E-state index contributed by atoms with van der Waals surface area (Å²) in [7, 11) is 1.61. The average molecular weight is 287 g/mol. The SMILES string of the molecule is COCCN(CCN)C(=O)Nc1cccc2ccccc12. The molecule has 21 heavy (non-hydrogen) atoms. The summed E-state index contributed by atoms with van der Waals surface area (Å²) >= 11 is 0. The van der Waals surface area contributed by atoms with Crippen LogP contribution < -0.4 is 11.1 Å². The Labute approximate surface area is 124 Å². The molecule has 0 spiro atoms. The second-order valence-corrected chi connectivity index (χ2v) is 4.73. The van der Waals surface area contributed by atoms with Gasteiger partial charge in [-0.2, -0.15) is 0 Å². The average Bonchev–Trinajstić information content (AvgIpc) is 2.51. The van der Waals surface area contributed by atoms with E-state index in [1.165, 1.54) is 0 Å². The van der Waals surface area contributed by atoms with E-state index in [1.807, 2.05) is 42.5 Å². The minimum absolute atomic E-state index is 0.158. The predicted octanol–water partition coefficient (Wildman–Crippen LogP) is 2.28. The van der Waals surface area contributed by atoms with Gasteiger partial charge in [0, 0.05) is 32.1 Å². The first-order valence-corrected chi connectivity index (χ1v) is 6.99. The van der Waals surface area contributed by atoms with Gasteiger partial charge < -0.3 is 20.7 Å². The third-order valence-corrected chi connectivity index (χ3v) is 3.28. The van der Waals surface area contributed by atoms with Crippen LogP contribution in [0.3, 0.4) is 0 Å². The molecule has 0 radical (unpaired) electrons. The lowest BCUT2D eigenvalue weighted by atomic mass is 10.1. The second kappa shape index (κ2) is 7.61. The molecular formula is C16H21N3O2. The van der Waals surface area contributed by atoms with E-state index in [0.29, 0.717) is 26.2 Å². The van der Waals surface area contributed by atoms with Gasteiger partial charge in [0.05, 0.1) is 12.3 Å². The molecule has 2 aromatic rings. The summed E-state index contributed by atoms with van der Waals surface area (Å²) in [5, 5.41) is 5.07. The number of fused-ring (bicyclic) bond motifs is 1. The van der Waals surface area contributed by atoms with Crippen LogP contribution in [0.1, 0.15) is 0 Å². The summed E-state index contributed by atoms with van der Waals surface area (Å²) in [5.74, 6) is 0. The van der Waals surface area contributed by atoms with Gasteiger partial charge in [-0.3, -0.25) is 0 Å². The summed E-state index contributed by atoms with van der Waals surface area (Å²) in [6.45, 7) is 1.93. The molecule has 0 aliphatic rings. The van der Waals surface area contributed by atoms with Crippen LogP contribution in [-0.2, 0) is 4.74 Å². The van der Waals surface area contributed by atoms with Gasteiger partial charge in [0.2, 0.25) is 0 Å². The van der Waals surface area contributed by atoms with E-state index >= 15 is 0 Å². The largest absolute Gasteiger partial charge is 0.383 e. The van der Waals surface area contributed by atoms with E-state index in [2.05, 4.69) is 5.32 Å². The maximum Gasteiger partial charge on any atom is 0.321 e. The topological polar surface area (TPSA) is 67.6 Å². The van der Waals surface area contributed by atoms with Crippen LogP contribution in [0.4, 0.5) is 10.5 Å². The molecule has 3 N–H and O–H groups in total. The summed E-state index contributed by atoms with van der Waals surface area (Å²) in [6, 6.07) is 13.6. The molecule has 0 saturated heterocycles. The molecule has 2 rings (SSSR count). The number of methoxy groups -OCH3 is 1. The van der Waals surface area contributed by atoms with Gasteiger partial charge in [0.1, 0.15) is 0 Å². The Morgan fingerprint density at radius 1 is 1.19 bits per heavy atom. The van der Waals surface area contributed by atoms with E-state index in [1.54, 1.807) is 12.0 Å². The number of rotatable bonds is 6. The maximum atomic E-state index is 12.4. The Bertz CT molecular complexity index is 596. The van der Waals surface area contributed by atoms with Crippen molar-refractivity contribution in [1.82, 2.24) is 4.90 Å². The van der Waals surface area contributed by atoms with Gasteiger partial charge in [0.25, 0.3) is 0 Å². The number of urea groups is 1. The fourth-order valence-corrected chi connectivity index (χ4v) is 2.20. The Hall–Kier alpha value is -2.11. The molecule has 0 atom stereocenters. The van der Waals surface area contributed by atoms with Crippen molar-refractivity contribution in [2.75, 3.05) is 38.7 Å². The molecule has 0 aliphatic heterocycles. The number of anilines is 1. The molecular weight excluding hydrogens is 266 g/mol. The molecule has 2 aromatic carbocycles. The van der Waals surface area contributed by atoms with Crippen molar-refractivity contribution >= 4 is 22.5 Å². The van der Waals surface area contributed by atoms with Crippen LogP contribution in [0.25, 0.3) is 10.8 Å². The third-order valence-electron chi connectivity index (χ3n) is 3.28.